The maximum atomic E-state index is 6.11. The molecule has 2 saturated heterocycles. The van der Waals surface area contributed by atoms with E-state index in [0.29, 0.717) is 6.04 Å². The average Bonchev–Trinajstić information content (AvgIpc) is 3.16. The highest BCUT2D eigenvalue weighted by Crippen LogP contribution is 2.32. The summed E-state index contributed by atoms with van der Waals surface area (Å²) in [5.74, 6) is 1.10. The zero-order valence-corrected chi connectivity index (χ0v) is 12.9. The summed E-state index contributed by atoms with van der Waals surface area (Å²) in [5.41, 5.74) is 2.29. The lowest BCUT2D eigenvalue weighted by Gasteiger charge is -2.24. The Morgan fingerprint density at radius 3 is 2.95 bits per heavy atom. The van der Waals surface area contributed by atoms with Crippen molar-refractivity contribution in [1.82, 2.24) is 10.2 Å². The van der Waals surface area contributed by atoms with Gasteiger partial charge >= 0.3 is 0 Å². The maximum Gasteiger partial charge on any atom is 0.134 e. The molecule has 3 unspecified atom stereocenters. The number of fused-ring (bicyclic) bond motifs is 2. The van der Waals surface area contributed by atoms with Crippen LogP contribution in [0.2, 0.25) is 0 Å². The molecule has 2 aromatic rings. The molecule has 0 amide bonds. The zero-order valence-electron chi connectivity index (χ0n) is 12.9. The Balaban J connectivity index is 1.56. The Labute approximate surface area is 126 Å². The molecule has 2 aliphatic rings. The molecule has 21 heavy (non-hydrogen) atoms. The first-order valence-electron chi connectivity index (χ1n) is 8.22. The van der Waals surface area contributed by atoms with Gasteiger partial charge in [-0.2, -0.15) is 0 Å². The molecule has 3 atom stereocenters. The van der Waals surface area contributed by atoms with Gasteiger partial charge in [0.25, 0.3) is 0 Å². The zero-order chi connectivity index (χ0) is 14.4. The number of aryl methyl sites for hydroxylation is 1. The molecular weight excluding hydrogens is 260 g/mol. The van der Waals surface area contributed by atoms with Crippen molar-refractivity contribution in [2.45, 2.75) is 51.2 Å². The molecule has 112 valence electrons. The van der Waals surface area contributed by atoms with Crippen LogP contribution in [0, 0.1) is 6.92 Å². The monoisotopic (exact) mass is 284 g/mol. The molecule has 4 rings (SSSR count). The molecule has 0 aliphatic carbocycles. The van der Waals surface area contributed by atoms with Crippen molar-refractivity contribution in [3.05, 3.63) is 35.6 Å². The summed E-state index contributed by atoms with van der Waals surface area (Å²) >= 11 is 0. The first kappa shape index (κ1) is 13.4. The predicted molar refractivity (Wildman–Crippen MR) is 85.5 cm³/mol. The normalized spacial score (nSPS) is 27.3. The van der Waals surface area contributed by atoms with Crippen LogP contribution < -0.4 is 5.32 Å². The maximum absolute atomic E-state index is 6.11. The van der Waals surface area contributed by atoms with Crippen LogP contribution in [0.3, 0.4) is 0 Å². The lowest BCUT2D eigenvalue weighted by Crippen LogP contribution is -2.40. The average molecular weight is 284 g/mol. The molecule has 1 aromatic heterocycles. The quantitative estimate of drug-likeness (QED) is 0.933. The van der Waals surface area contributed by atoms with Crippen molar-refractivity contribution in [2.75, 3.05) is 13.1 Å². The van der Waals surface area contributed by atoms with Gasteiger partial charge in [-0.1, -0.05) is 18.2 Å². The van der Waals surface area contributed by atoms with Gasteiger partial charge in [0, 0.05) is 24.0 Å². The number of nitrogens with one attached hydrogen (secondary N) is 1. The third-order valence-electron chi connectivity index (χ3n) is 5.34. The Morgan fingerprint density at radius 2 is 2.10 bits per heavy atom. The summed E-state index contributed by atoms with van der Waals surface area (Å²) < 4.78 is 6.11. The fourth-order valence-corrected chi connectivity index (χ4v) is 4.28. The fourth-order valence-electron chi connectivity index (χ4n) is 4.28. The highest BCUT2D eigenvalue weighted by Gasteiger charge is 2.37. The van der Waals surface area contributed by atoms with Crippen molar-refractivity contribution in [1.29, 1.82) is 0 Å². The van der Waals surface area contributed by atoms with E-state index in [4.69, 9.17) is 4.42 Å². The van der Waals surface area contributed by atoms with E-state index >= 15 is 0 Å². The molecular formula is C18H24N2O. The largest absolute Gasteiger partial charge is 0.459 e. The second kappa shape index (κ2) is 5.15. The van der Waals surface area contributed by atoms with Crippen LogP contribution in [-0.2, 0) is 0 Å². The van der Waals surface area contributed by atoms with Crippen molar-refractivity contribution in [2.24, 2.45) is 0 Å². The summed E-state index contributed by atoms with van der Waals surface area (Å²) in [6.07, 6.45) is 3.98. The fraction of sp³-hybridized carbons (Fsp3) is 0.556. The summed E-state index contributed by atoms with van der Waals surface area (Å²) in [5, 5.41) is 5.08. The summed E-state index contributed by atoms with van der Waals surface area (Å²) in [6.45, 7) is 6.97. The van der Waals surface area contributed by atoms with Crippen molar-refractivity contribution < 1.29 is 4.42 Å². The van der Waals surface area contributed by atoms with Crippen LogP contribution in [0.5, 0.6) is 0 Å². The lowest BCUT2D eigenvalue weighted by atomic mass is 10.0. The number of furan rings is 1. The standard InChI is InChI=1S/C18H24N2O/c1-12-14-6-3-4-8-17(14)21-18(12)13(2)19-15-9-11-20-10-5-7-16(15)20/h3-4,6,8,13,15-16,19H,5,7,9-11H2,1-2H3. The molecule has 2 fully saturated rings. The van der Waals surface area contributed by atoms with Gasteiger partial charge in [-0.05, 0) is 51.3 Å². The number of para-hydroxylation sites is 1. The minimum absolute atomic E-state index is 0.281. The molecule has 3 nitrogen and oxygen atoms in total. The Kier molecular flexibility index (Phi) is 3.27. The van der Waals surface area contributed by atoms with Gasteiger partial charge < -0.3 is 9.73 Å². The molecule has 0 radical (unpaired) electrons. The van der Waals surface area contributed by atoms with Crippen LogP contribution in [0.25, 0.3) is 11.0 Å². The van der Waals surface area contributed by atoms with Gasteiger partial charge in [0.2, 0.25) is 0 Å². The van der Waals surface area contributed by atoms with E-state index in [-0.39, 0.29) is 6.04 Å². The van der Waals surface area contributed by atoms with Crippen LogP contribution >= 0.6 is 0 Å². The second-order valence-electron chi connectivity index (χ2n) is 6.62. The first-order valence-corrected chi connectivity index (χ1v) is 8.22. The highest BCUT2D eigenvalue weighted by molar-refractivity contribution is 5.82. The molecule has 2 aliphatic heterocycles. The van der Waals surface area contributed by atoms with E-state index in [1.807, 2.05) is 6.07 Å². The Morgan fingerprint density at radius 1 is 1.24 bits per heavy atom. The van der Waals surface area contributed by atoms with Gasteiger partial charge in [-0.15, -0.1) is 0 Å². The molecule has 3 heterocycles. The summed E-state index contributed by atoms with van der Waals surface area (Å²) in [6, 6.07) is 9.99. The predicted octanol–water partition coefficient (Wildman–Crippen LogP) is 3.63. The third-order valence-corrected chi connectivity index (χ3v) is 5.34. The van der Waals surface area contributed by atoms with Crippen molar-refractivity contribution >= 4 is 11.0 Å². The van der Waals surface area contributed by atoms with Gasteiger partial charge in [-0.3, -0.25) is 4.90 Å². The molecule has 0 spiro atoms. The molecule has 0 saturated carbocycles. The molecule has 1 N–H and O–H groups in total. The third kappa shape index (κ3) is 2.19. The number of hydrogen-bond donors (Lipinski definition) is 1. The van der Waals surface area contributed by atoms with E-state index in [0.717, 1.165) is 17.4 Å². The van der Waals surface area contributed by atoms with Crippen LogP contribution in [0.4, 0.5) is 0 Å². The minimum Gasteiger partial charge on any atom is -0.459 e. The van der Waals surface area contributed by atoms with E-state index in [9.17, 15) is 0 Å². The van der Waals surface area contributed by atoms with Crippen LogP contribution in [0.15, 0.2) is 28.7 Å². The van der Waals surface area contributed by atoms with E-state index in [1.165, 1.54) is 43.3 Å². The van der Waals surface area contributed by atoms with E-state index < -0.39 is 0 Å². The topological polar surface area (TPSA) is 28.4 Å². The molecule has 3 heteroatoms. The first-order chi connectivity index (χ1) is 10.2. The Hall–Kier alpha value is -1.32. The van der Waals surface area contributed by atoms with E-state index in [2.05, 4.69) is 42.3 Å². The molecule has 0 bridgehead atoms. The SMILES string of the molecule is Cc1c(C(C)NC2CCN3CCCC23)oc2ccccc12. The second-order valence-corrected chi connectivity index (χ2v) is 6.62. The molecule has 1 aromatic carbocycles. The van der Waals surface area contributed by atoms with Gasteiger partial charge in [0.1, 0.15) is 11.3 Å². The van der Waals surface area contributed by atoms with E-state index in [1.54, 1.807) is 0 Å². The van der Waals surface area contributed by atoms with Gasteiger partial charge in [0.15, 0.2) is 0 Å². The highest BCUT2D eigenvalue weighted by atomic mass is 16.3. The number of nitrogens with zero attached hydrogens (tertiary/aromatic N) is 1. The van der Waals surface area contributed by atoms with Gasteiger partial charge in [0.05, 0.1) is 6.04 Å². The summed E-state index contributed by atoms with van der Waals surface area (Å²) in [4.78, 5) is 2.65. The van der Waals surface area contributed by atoms with Crippen molar-refractivity contribution in [3.8, 4) is 0 Å². The van der Waals surface area contributed by atoms with Crippen LogP contribution in [0.1, 0.15) is 43.6 Å². The number of hydrogen-bond acceptors (Lipinski definition) is 3. The lowest BCUT2D eigenvalue weighted by molar-refractivity contribution is 0.285. The summed E-state index contributed by atoms with van der Waals surface area (Å²) in [7, 11) is 0. The Bertz CT molecular complexity index is 648. The van der Waals surface area contributed by atoms with Gasteiger partial charge in [-0.25, -0.2) is 0 Å². The number of benzene rings is 1. The number of rotatable bonds is 3. The van der Waals surface area contributed by atoms with Crippen molar-refractivity contribution in [3.63, 3.8) is 0 Å². The minimum atomic E-state index is 0.281. The van der Waals surface area contributed by atoms with Crippen LogP contribution in [-0.4, -0.2) is 30.1 Å². The smallest absolute Gasteiger partial charge is 0.134 e.